The molecule has 8 aromatic rings. The molecule has 0 spiro atoms. The lowest BCUT2D eigenvalue weighted by Crippen LogP contribution is -2.15. The highest BCUT2D eigenvalue weighted by Gasteiger charge is 2.38. The summed E-state index contributed by atoms with van der Waals surface area (Å²) in [6, 6.07) is 49.8. The second-order valence-electron chi connectivity index (χ2n) is 12.8. The van der Waals surface area contributed by atoms with Crippen LogP contribution in [-0.2, 0) is 5.41 Å². The molecule has 222 valence electrons. The molecule has 2 heterocycles. The molecule has 6 aromatic carbocycles. The summed E-state index contributed by atoms with van der Waals surface area (Å²) in [7, 11) is 0. The van der Waals surface area contributed by atoms with Gasteiger partial charge in [-0.1, -0.05) is 129 Å². The zero-order chi connectivity index (χ0) is 31.5. The van der Waals surface area contributed by atoms with Crippen molar-refractivity contribution in [2.45, 2.75) is 19.3 Å². The summed E-state index contributed by atoms with van der Waals surface area (Å²) >= 11 is 0. The maximum atomic E-state index is 5.16. The average Bonchev–Trinajstić information content (AvgIpc) is 3.38. The fourth-order valence-corrected chi connectivity index (χ4v) is 7.60. The summed E-state index contributed by atoms with van der Waals surface area (Å²) in [4.78, 5) is 14.5. The molecule has 0 fully saturated rings. The third-order valence-electron chi connectivity index (χ3n) is 9.79. The number of aromatic nitrogens is 3. The molecule has 0 aliphatic heterocycles. The van der Waals surface area contributed by atoms with Crippen molar-refractivity contribution in [3.05, 3.63) is 163 Å². The van der Waals surface area contributed by atoms with Gasteiger partial charge in [-0.2, -0.15) is 0 Å². The summed E-state index contributed by atoms with van der Waals surface area (Å²) < 4.78 is 0. The van der Waals surface area contributed by atoms with Crippen LogP contribution in [0.15, 0.2) is 152 Å². The Morgan fingerprint density at radius 1 is 0.468 bits per heavy atom. The van der Waals surface area contributed by atoms with E-state index in [4.69, 9.17) is 9.97 Å². The van der Waals surface area contributed by atoms with Crippen molar-refractivity contribution in [1.29, 1.82) is 0 Å². The van der Waals surface area contributed by atoms with E-state index in [9.17, 15) is 0 Å². The van der Waals surface area contributed by atoms with Gasteiger partial charge in [0.1, 0.15) is 0 Å². The number of nitrogens with zero attached hydrogens (tertiary/aromatic N) is 3. The van der Waals surface area contributed by atoms with Crippen molar-refractivity contribution in [2.24, 2.45) is 0 Å². The van der Waals surface area contributed by atoms with E-state index in [1.807, 2.05) is 42.7 Å². The van der Waals surface area contributed by atoms with Crippen LogP contribution < -0.4 is 0 Å². The van der Waals surface area contributed by atoms with Gasteiger partial charge in [0.15, 0.2) is 5.82 Å². The van der Waals surface area contributed by atoms with Crippen LogP contribution in [0, 0.1) is 0 Å². The number of rotatable bonds is 4. The van der Waals surface area contributed by atoms with E-state index >= 15 is 0 Å². The molecular weight excluding hydrogens is 571 g/mol. The Balaban J connectivity index is 1.27. The lowest BCUT2D eigenvalue weighted by atomic mass is 9.80. The van der Waals surface area contributed by atoms with Gasteiger partial charge in [-0.25, -0.2) is 9.97 Å². The van der Waals surface area contributed by atoms with E-state index < -0.39 is 0 Å². The summed E-state index contributed by atoms with van der Waals surface area (Å²) in [6.45, 7) is 4.74. The largest absolute Gasteiger partial charge is 0.265 e. The van der Waals surface area contributed by atoms with Gasteiger partial charge in [0.25, 0.3) is 0 Å². The zero-order valence-electron chi connectivity index (χ0n) is 26.3. The predicted octanol–water partition coefficient (Wildman–Crippen LogP) is 11.2. The molecule has 47 heavy (non-hydrogen) atoms. The molecule has 9 rings (SSSR count). The van der Waals surface area contributed by atoms with Crippen molar-refractivity contribution in [3.63, 3.8) is 0 Å². The minimum absolute atomic E-state index is 0.119. The fourth-order valence-electron chi connectivity index (χ4n) is 7.60. The summed E-state index contributed by atoms with van der Waals surface area (Å²) in [6.07, 6.45) is 3.62. The molecule has 3 heteroatoms. The van der Waals surface area contributed by atoms with Gasteiger partial charge in [-0.05, 0) is 79.2 Å². The van der Waals surface area contributed by atoms with E-state index in [2.05, 4.69) is 128 Å². The van der Waals surface area contributed by atoms with Gasteiger partial charge in [0.2, 0.25) is 0 Å². The SMILES string of the molecule is CC1(C)c2cccc(-c3ccc(-c4nc(-c5ccccc5)cc(-c5ccncc5)n4)c4ccccc34)c2-c2ccc3ccccc3c21. The third-order valence-corrected chi connectivity index (χ3v) is 9.79. The fraction of sp³-hybridized carbons (Fsp3) is 0.0682. The third kappa shape index (κ3) is 4.31. The molecule has 2 aromatic heterocycles. The van der Waals surface area contributed by atoms with Crippen LogP contribution in [-0.4, -0.2) is 15.0 Å². The first-order chi connectivity index (χ1) is 23.1. The highest BCUT2D eigenvalue weighted by atomic mass is 14.9. The maximum absolute atomic E-state index is 5.16. The normalized spacial score (nSPS) is 13.1. The molecule has 1 aliphatic carbocycles. The van der Waals surface area contributed by atoms with Gasteiger partial charge in [-0.15, -0.1) is 0 Å². The standard InChI is InChI=1S/C44H31N3/c1-44(2)38-18-10-17-35(41(38)37-20-19-28-11-6-7-14-31(28)42(37)44)34-21-22-36(33-16-9-8-15-32(33)34)43-46-39(29-12-4-3-5-13-29)27-40(47-43)30-23-25-45-26-24-30/h3-27H,1-2H3. The summed E-state index contributed by atoms with van der Waals surface area (Å²) in [5.41, 5.74) is 12.6. The predicted molar refractivity (Wildman–Crippen MR) is 194 cm³/mol. The van der Waals surface area contributed by atoms with Gasteiger partial charge in [0, 0.05) is 34.5 Å². The van der Waals surface area contributed by atoms with Crippen molar-refractivity contribution in [3.8, 4) is 56.2 Å². The van der Waals surface area contributed by atoms with Crippen molar-refractivity contribution < 1.29 is 0 Å². The van der Waals surface area contributed by atoms with E-state index in [1.165, 1.54) is 49.5 Å². The van der Waals surface area contributed by atoms with E-state index in [1.54, 1.807) is 0 Å². The van der Waals surface area contributed by atoms with Crippen LogP contribution in [0.25, 0.3) is 77.7 Å². The molecular formula is C44H31N3. The molecule has 3 nitrogen and oxygen atoms in total. The van der Waals surface area contributed by atoms with Crippen LogP contribution in [0.3, 0.4) is 0 Å². The Bertz CT molecular complexity index is 2420. The molecule has 0 radical (unpaired) electrons. The Morgan fingerprint density at radius 2 is 1.09 bits per heavy atom. The van der Waals surface area contributed by atoms with Gasteiger partial charge in [-0.3, -0.25) is 4.98 Å². The highest BCUT2D eigenvalue weighted by molar-refractivity contribution is 6.09. The molecule has 1 aliphatic rings. The van der Waals surface area contributed by atoms with Crippen LogP contribution >= 0.6 is 0 Å². The Morgan fingerprint density at radius 3 is 1.85 bits per heavy atom. The van der Waals surface area contributed by atoms with Crippen LogP contribution in [0.1, 0.15) is 25.0 Å². The first-order valence-corrected chi connectivity index (χ1v) is 16.1. The highest BCUT2D eigenvalue weighted by Crippen LogP contribution is 2.55. The van der Waals surface area contributed by atoms with Crippen LogP contribution in [0.2, 0.25) is 0 Å². The van der Waals surface area contributed by atoms with E-state index in [-0.39, 0.29) is 5.41 Å². The topological polar surface area (TPSA) is 38.7 Å². The number of hydrogen-bond acceptors (Lipinski definition) is 3. The Hall–Kier alpha value is -5.93. The smallest absolute Gasteiger partial charge is 0.161 e. The number of hydrogen-bond donors (Lipinski definition) is 0. The van der Waals surface area contributed by atoms with Crippen LogP contribution in [0.5, 0.6) is 0 Å². The van der Waals surface area contributed by atoms with Crippen molar-refractivity contribution >= 4 is 21.5 Å². The molecule has 0 N–H and O–H groups in total. The maximum Gasteiger partial charge on any atom is 0.161 e. The van der Waals surface area contributed by atoms with Crippen molar-refractivity contribution in [2.75, 3.05) is 0 Å². The quantitative estimate of drug-likeness (QED) is 0.201. The number of pyridine rings is 1. The average molecular weight is 602 g/mol. The second-order valence-corrected chi connectivity index (χ2v) is 12.8. The first kappa shape index (κ1) is 27.4. The Kier molecular flexibility index (Phi) is 6.16. The molecule has 0 atom stereocenters. The minimum atomic E-state index is -0.119. The summed E-state index contributed by atoms with van der Waals surface area (Å²) in [5.74, 6) is 0.706. The monoisotopic (exact) mass is 601 g/mol. The molecule has 0 amide bonds. The molecule has 0 saturated carbocycles. The summed E-state index contributed by atoms with van der Waals surface area (Å²) in [5, 5.41) is 4.93. The van der Waals surface area contributed by atoms with E-state index in [0.717, 1.165) is 33.5 Å². The molecule has 0 unspecified atom stereocenters. The lowest BCUT2D eigenvalue weighted by molar-refractivity contribution is 0.666. The number of fused-ring (bicyclic) bond motifs is 6. The van der Waals surface area contributed by atoms with Gasteiger partial charge >= 0.3 is 0 Å². The molecule has 0 saturated heterocycles. The van der Waals surface area contributed by atoms with E-state index in [0.29, 0.717) is 5.82 Å². The second kappa shape index (κ2) is 10.6. The first-order valence-electron chi connectivity index (χ1n) is 16.1. The number of benzene rings is 6. The Labute approximate surface area is 274 Å². The van der Waals surface area contributed by atoms with Gasteiger partial charge in [0.05, 0.1) is 11.4 Å². The van der Waals surface area contributed by atoms with Gasteiger partial charge < -0.3 is 0 Å². The van der Waals surface area contributed by atoms with Crippen LogP contribution in [0.4, 0.5) is 0 Å². The zero-order valence-corrected chi connectivity index (χ0v) is 26.3. The lowest BCUT2D eigenvalue weighted by Gasteiger charge is -2.23. The minimum Gasteiger partial charge on any atom is -0.265 e. The van der Waals surface area contributed by atoms with Crippen molar-refractivity contribution in [1.82, 2.24) is 15.0 Å². The molecule has 0 bridgehead atoms.